The fraction of sp³-hybridized carbons (Fsp3) is 1.00. The second kappa shape index (κ2) is 4.62. The minimum Gasteiger partial charge on any atom is -0.380 e. The molecule has 0 aromatic rings. The lowest BCUT2D eigenvalue weighted by atomic mass is 10.7. The quantitative estimate of drug-likeness (QED) is 0.551. The van der Waals surface area contributed by atoms with Crippen LogP contribution < -0.4 is 4.72 Å². The molecule has 6 heteroatoms. The van der Waals surface area contributed by atoms with Crippen molar-refractivity contribution in [2.75, 3.05) is 19.8 Å². The van der Waals surface area contributed by atoms with Crippen LogP contribution in [-0.2, 0) is 19.6 Å². The molecular weight excluding hydrogens is 158 g/mol. The second-order valence-electron chi connectivity index (χ2n) is 1.55. The Morgan fingerprint density at radius 2 is 2.10 bits per heavy atom. The predicted molar refractivity (Wildman–Crippen MR) is 34.1 cm³/mol. The maximum absolute atomic E-state index is 9.87. The zero-order valence-corrected chi connectivity index (χ0v) is 6.48. The van der Waals surface area contributed by atoms with Gasteiger partial charge in [0.1, 0.15) is 0 Å². The lowest BCUT2D eigenvalue weighted by Gasteiger charge is -1.98. The van der Waals surface area contributed by atoms with E-state index in [1.54, 1.807) is 11.6 Å². The van der Waals surface area contributed by atoms with Gasteiger partial charge in [0.25, 0.3) is 0 Å². The van der Waals surface area contributed by atoms with E-state index in [4.69, 9.17) is 4.74 Å². The zero-order chi connectivity index (χ0) is 8.04. The van der Waals surface area contributed by atoms with Crippen LogP contribution in [0.3, 0.4) is 0 Å². The number of nitrogens with one attached hydrogen (secondary N) is 1. The summed E-state index contributed by atoms with van der Waals surface area (Å²) in [6, 6.07) is 0. The van der Waals surface area contributed by atoms with Crippen LogP contribution in [0, 0.1) is 0 Å². The zero-order valence-electron chi connectivity index (χ0n) is 5.66. The topological polar surface area (TPSA) is 75.3 Å². The van der Waals surface area contributed by atoms with Crippen molar-refractivity contribution in [1.82, 2.24) is 4.72 Å². The highest BCUT2D eigenvalue weighted by molar-refractivity contribution is 7.83. The molecule has 1 radical (unpaired) electrons. The van der Waals surface area contributed by atoms with Crippen LogP contribution in [0.15, 0.2) is 0 Å². The Balaban J connectivity index is 3.21. The third-order valence-corrected chi connectivity index (χ3v) is 1.29. The maximum atomic E-state index is 9.87. The van der Waals surface area contributed by atoms with Gasteiger partial charge >= 0.3 is 10.3 Å². The molecule has 0 amide bonds. The van der Waals surface area contributed by atoms with Gasteiger partial charge in [-0.15, -0.1) is 0 Å². The molecule has 61 valence electrons. The van der Waals surface area contributed by atoms with E-state index in [1.807, 2.05) is 0 Å². The van der Waals surface area contributed by atoms with Crippen LogP contribution in [0.25, 0.3) is 0 Å². The molecule has 0 aromatic carbocycles. The van der Waals surface area contributed by atoms with E-state index in [-0.39, 0.29) is 13.2 Å². The lowest BCUT2D eigenvalue weighted by Crippen LogP contribution is -2.25. The van der Waals surface area contributed by atoms with Crippen LogP contribution in [0.4, 0.5) is 0 Å². The summed E-state index contributed by atoms with van der Waals surface area (Å²) >= 11 is 0. The molecule has 0 aliphatic rings. The van der Waals surface area contributed by atoms with Gasteiger partial charge in [-0.3, -0.25) is 0 Å². The largest absolute Gasteiger partial charge is 0.380 e. The van der Waals surface area contributed by atoms with E-state index in [2.05, 4.69) is 0 Å². The third-order valence-electron chi connectivity index (χ3n) is 0.729. The molecule has 1 N–H and O–H groups in total. The van der Waals surface area contributed by atoms with Gasteiger partial charge in [-0.1, -0.05) is 4.55 Å². The molecule has 0 rings (SSSR count). The Labute approximate surface area is 60.3 Å². The fourth-order valence-corrected chi connectivity index (χ4v) is 0.717. The maximum Gasteiger partial charge on any atom is 0.363 e. The molecule has 0 spiro atoms. The Morgan fingerprint density at radius 1 is 1.50 bits per heavy atom. The van der Waals surface area contributed by atoms with Gasteiger partial charge < -0.3 is 4.74 Å². The van der Waals surface area contributed by atoms with Crippen molar-refractivity contribution in [3.05, 3.63) is 0 Å². The molecular formula is C4H10NO4S. The van der Waals surface area contributed by atoms with Crippen molar-refractivity contribution in [1.29, 1.82) is 0 Å². The fourth-order valence-electron chi connectivity index (χ4n) is 0.383. The summed E-state index contributed by atoms with van der Waals surface area (Å²) in [6.07, 6.45) is 0. The summed E-state index contributed by atoms with van der Waals surface area (Å²) in [5.74, 6) is 0. The third kappa shape index (κ3) is 7.83. The van der Waals surface area contributed by atoms with Gasteiger partial charge in [0.15, 0.2) is 0 Å². The molecule has 10 heavy (non-hydrogen) atoms. The van der Waals surface area contributed by atoms with E-state index < -0.39 is 10.3 Å². The number of rotatable bonds is 5. The highest BCUT2D eigenvalue weighted by Crippen LogP contribution is 1.75. The minimum absolute atomic E-state index is 0.0413. The van der Waals surface area contributed by atoms with Crippen LogP contribution in [0.5, 0.6) is 0 Å². The summed E-state index contributed by atoms with van der Waals surface area (Å²) in [5.41, 5.74) is 0. The molecule has 5 nitrogen and oxygen atoms in total. The van der Waals surface area contributed by atoms with Gasteiger partial charge in [0, 0.05) is 13.2 Å². The van der Waals surface area contributed by atoms with Gasteiger partial charge in [-0.2, -0.15) is 13.1 Å². The van der Waals surface area contributed by atoms with Crippen molar-refractivity contribution in [3.8, 4) is 0 Å². The van der Waals surface area contributed by atoms with E-state index in [0.717, 1.165) is 0 Å². The molecule has 0 heterocycles. The molecule has 0 fully saturated rings. The van der Waals surface area contributed by atoms with E-state index in [1.165, 1.54) is 0 Å². The van der Waals surface area contributed by atoms with Gasteiger partial charge in [0.2, 0.25) is 0 Å². The number of hydrogen-bond donors (Lipinski definition) is 1. The molecule has 0 saturated carbocycles. The molecule has 0 saturated heterocycles. The van der Waals surface area contributed by atoms with E-state index >= 15 is 0 Å². The molecule has 0 atom stereocenters. The van der Waals surface area contributed by atoms with Gasteiger partial charge in [-0.25, -0.2) is 0 Å². The normalized spacial score (nSPS) is 11.8. The first-order valence-corrected chi connectivity index (χ1v) is 4.25. The van der Waals surface area contributed by atoms with Crippen LogP contribution in [0.1, 0.15) is 6.92 Å². The van der Waals surface area contributed by atoms with Crippen molar-refractivity contribution in [2.45, 2.75) is 6.92 Å². The number of ether oxygens (including phenoxy) is 1. The van der Waals surface area contributed by atoms with Crippen molar-refractivity contribution >= 4 is 10.3 Å². The molecule has 0 unspecified atom stereocenters. The van der Waals surface area contributed by atoms with Crippen LogP contribution in [0.2, 0.25) is 0 Å². The Hall–Kier alpha value is -0.170. The standard InChI is InChI=1S/C4H10NO4S/c1-2-9-4-3-5-10(6,7)8/h5H,2-4H2,1H3. The summed E-state index contributed by atoms with van der Waals surface area (Å²) in [4.78, 5) is 0. The molecule has 0 aliphatic carbocycles. The van der Waals surface area contributed by atoms with Crippen molar-refractivity contribution in [3.63, 3.8) is 0 Å². The first-order chi connectivity index (χ1) is 4.56. The Morgan fingerprint density at radius 3 is 2.50 bits per heavy atom. The Bertz CT molecular complexity index is 164. The van der Waals surface area contributed by atoms with Crippen molar-refractivity contribution in [2.24, 2.45) is 0 Å². The Kier molecular flexibility index (Phi) is 4.54. The summed E-state index contributed by atoms with van der Waals surface area (Å²) in [6.45, 7) is 2.57. The second-order valence-corrected chi connectivity index (χ2v) is 2.74. The monoisotopic (exact) mass is 168 g/mol. The highest BCUT2D eigenvalue weighted by Gasteiger charge is 2.02. The predicted octanol–water partition coefficient (Wildman–Crippen LogP) is -0.712. The lowest BCUT2D eigenvalue weighted by molar-refractivity contribution is 0.152. The van der Waals surface area contributed by atoms with Crippen molar-refractivity contribution < 1.29 is 17.7 Å². The van der Waals surface area contributed by atoms with Crippen LogP contribution in [-0.4, -0.2) is 28.2 Å². The summed E-state index contributed by atoms with van der Waals surface area (Å²) in [7, 11) is -4.28. The van der Waals surface area contributed by atoms with E-state index in [9.17, 15) is 13.0 Å². The smallest absolute Gasteiger partial charge is 0.363 e. The molecule has 0 aromatic heterocycles. The average molecular weight is 168 g/mol. The first-order valence-electron chi connectivity index (χ1n) is 2.84. The first kappa shape index (κ1) is 9.83. The molecule has 0 bridgehead atoms. The highest BCUT2D eigenvalue weighted by atomic mass is 32.2. The summed E-state index contributed by atoms with van der Waals surface area (Å²) in [5, 5.41) is 0. The van der Waals surface area contributed by atoms with Crippen LogP contribution >= 0.6 is 0 Å². The summed E-state index contributed by atoms with van der Waals surface area (Å²) < 4.78 is 36.1. The van der Waals surface area contributed by atoms with Gasteiger partial charge in [-0.05, 0) is 6.92 Å². The average Bonchev–Trinajstić information content (AvgIpc) is 1.78. The number of hydrogen-bond acceptors (Lipinski definition) is 3. The van der Waals surface area contributed by atoms with E-state index in [0.29, 0.717) is 6.61 Å². The minimum atomic E-state index is -4.28. The SMILES string of the molecule is CCOCCNS([O])(=O)=O. The van der Waals surface area contributed by atoms with Gasteiger partial charge in [0.05, 0.1) is 6.61 Å². The molecule has 0 aliphatic heterocycles.